The number of nitrogens with zero attached hydrogens (tertiary/aromatic N) is 2. The van der Waals surface area contributed by atoms with Crippen LogP contribution < -0.4 is 11.1 Å². The molecular formula is C10H14N4O3. The Kier molecular flexibility index (Phi) is 3.86. The molecular weight excluding hydrogens is 224 g/mol. The number of non-ortho nitro benzene ring substituents is 1. The van der Waals surface area contributed by atoms with Crippen LogP contribution in [0.4, 0.5) is 17.1 Å². The lowest BCUT2D eigenvalue weighted by Crippen LogP contribution is -2.28. The number of anilines is 2. The van der Waals surface area contributed by atoms with E-state index in [2.05, 4.69) is 5.32 Å². The Morgan fingerprint density at radius 3 is 2.65 bits per heavy atom. The summed E-state index contributed by atoms with van der Waals surface area (Å²) < 4.78 is 0. The molecule has 3 N–H and O–H groups in total. The topological polar surface area (TPSA) is 102 Å². The average Bonchev–Trinajstić information content (AvgIpc) is 2.24. The number of likely N-dealkylation sites (N-methyl/N-ethyl adjacent to an activating group) is 1. The zero-order chi connectivity index (χ0) is 13.0. The van der Waals surface area contributed by atoms with Crippen molar-refractivity contribution in [3.63, 3.8) is 0 Å². The van der Waals surface area contributed by atoms with Crippen molar-refractivity contribution < 1.29 is 9.72 Å². The van der Waals surface area contributed by atoms with Gasteiger partial charge in [0.2, 0.25) is 5.91 Å². The number of hydrogen-bond acceptors (Lipinski definition) is 5. The van der Waals surface area contributed by atoms with Gasteiger partial charge in [0.15, 0.2) is 0 Å². The normalized spacial score (nSPS) is 9.76. The lowest BCUT2D eigenvalue weighted by atomic mass is 10.2. The number of rotatable bonds is 4. The minimum atomic E-state index is -0.532. The summed E-state index contributed by atoms with van der Waals surface area (Å²) in [6, 6.07) is 4.13. The van der Waals surface area contributed by atoms with Gasteiger partial charge in [-0.05, 0) is 6.07 Å². The standard InChI is InChI=1S/C10H14N4O3/c1-13(2)10(15)6-12-8-3-7(11)4-9(5-8)14(16)17/h3-5,12H,6,11H2,1-2H3. The van der Waals surface area contributed by atoms with E-state index in [1.54, 1.807) is 14.1 Å². The molecule has 0 aliphatic rings. The van der Waals surface area contributed by atoms with Gasteiger partial charge in [-0.25, -0.2) is 0 Å². The summed E-state index contributed by atoms with van der Waals surface area (Å²) in [6.45, 7) is 0.0631. The second-order valence-corrected chi connectivity index (χ2v) is 3.71. The number of nitrogen functional groups attached to an aromatic ring is 1. The summed E-state index contributed by atoms with van der Waals surface area (Å²) in [5.74, 6) is -0.130. The molecule has 0 radical (unpaired) electrons. The summed E-state index contributed by atoms with van der Waals surface area (Å²) in [6.07, 6.45) is 0. The highest BCUT2D eigenvalue weighted by atomic mass is 16.6. The molecule has 1 rings (SSSR count). The molecule has 0 heterocycles. The molecule has 7 heteroatoms. The molecule has 0 bridgehead atoms. The van der Waals surface area contributed by atoms with Crippen LogP contribution in [0.25, 0.3) is 0 Å². The molecule has 92 valence electrons. The summed E-state index contributed by atoms with van der Waals surface area (Å²) in [5, 5.41) is 13.4. The van der Waals surface area contributed by atoms with Gasteiger partial charge in [0.25, 0.3) is 5.69 Å². The molecule has 0 atom stereocenters. The first kappa shape index (κ1) is 12.8. The van der Waals surface area contributed by atoms with E-state index in [1.807, 2.05) is 0 Å². The minimum Gasteiger partial charge on any atom is -0.398 e. The predicted octanol–water partition coefficient (Wildman–Crippen LogP) is 0.677. The van der Waals surface area contributed by atoms with Gasteiger partial charge in [-0.15, -0.1) is 0 Å². The number of nitrogens with two attached hydrogens (primary N) is 1. The van der Waals surface area contributed by atoms with Crippen molar-refractivity contribution in [2.45, 2.75) is 0 Å². The van der Waals surface area contributed by atoms with E-state index in [0.29, 0.717) is 5.69 Å². The number of nitro benzene ring substituents is 1. The largest absolute Gasteiger partial charge is 0.398 e. The van der Waals surface area contributed by atoms with Gasteiger partial charge in [0.05, 0.1) is 11.5 Å². The van der Waals surface area contributed by atoms with Gasteiger partial charge in [-0.1, -0.05) is 0 Å². The maximum atomic E-state index is 11.3. The maximum absolute atomic E-state index is 11.3. The van der Waals surface area contributed by atoms with Gasteiger partial charge < -0.3 is 16.0 Å². The Balaban J connectivity index is 2.78. The first-order valence-corrected chi connectivity index (χ1v) is 4.89. The van der Waals surface area contributed by atoms with Crippen LogP contribution in [-0.2, 0) is 4.79 Å². The lowest BCUT2D eigenvalue weighted by Gasteiger charge is -2.11. The molecule has 1 aromatic carbocycles. The molecule has 0 unspecified atom stereocenters. The van der Waals surface area contributed by atoms with Crippen molar-refractivity contribution in [1.82, 2.24) is 4.90 Å². The number of nitrogens with one attached hydrogen (secondary N) is 1. The van der Waals surface area contributed by atoms with Gasteiger partial charge >= 0.3 is 0 Å². The van der Waals surface area contributed by atoms with Gasteiger partial charge in [0.1, 0.15) is 0 Å². The fraction of sp³-hybridized carbons (Fsp3) is 0.300. The number of amides is 1. The summed E-state index contributed by atoms with van der Waals surface area (Å²) in [4.78, 5) is 22.8. The molecule has 7 nitrogen and oxygen atoms in total. The monoisotopic (exact) mass is 238 g/mol. The molecule has 0 saturated carbocycles. The van der Waals surface area contributed by atoms with E-state index in [0.717, 1.165) is 0 Å². The van der Waals surface area contributed by atoms with Crippen LogP contribution in [0.1, 0.15) is 0 Å². The van der Waals surface area contributed by atoms with Gasteiger partial charge in [-0.2, -0.15) is 0 Å². The Morgan fingerprint density at radius 1 is 1.47 bits per heavy atom. The highest BCUT2D eigenvalue weighted by molar-refractivity contribution is 5.80. The zero-order valence-corrected chi connectivity index (χ0v) is 9.64. The first-order valence-electron chi connectivity index (χ1n) is 4.89. The molecule has 0 spiro atoms. The molecule has 0 aliphatic heterocycles. The van der Waals surface area contributed by atoms with Crippen molar-refractivity contribution in [2.24, 2.45) is 0 Å². The van der Waals surface area contributed by atoms with Crippen molar-refractivity contribution in [2.75, 3.05) is 31.7 Å². The summed E-state index contributed by atoms with van der Waals surface area (Å²) in [5.41, 5.74) is 6.14. The van der Waals surface area contributed by atoms with Crippen LogP contribution in [0.5, 0.6) is 0 Å². The third-order valence-electron chi connectivity index (χ3n) is 2.09. The molecule has 0 fully saturated rings. The van der Waals surface area contributed by atoms with Crippen LogP contribution in [0.2, 0.25) is 0 Å². The highest BCUT2D eigenvalue weighted by Gasteiger charge is 2.09. The molecule has 0 saturated heterocycles. The van der Waals surface area contributed by atoms with Crippen molar-refractivity contribution >= 4 is 23.0 Å². The third-order valence-corrected chi connectivity index (χ3v) is 2.09. The summed E-state index contributed by atoms with van der Waals surface area (Å²) in [7, 11) is 3.26. The molecule has 17 heavy (non-hydrogen) atoms. The highest BCUT2D eigenvalue weighted by Crippen LogP contribution is 2.21. The van der Waals surface area contributed by atoms with Crippen molar-refractivity contribution in [3.8, 4) is 0 Å². The number of hydrogen-bond donors (Lipinski definition) is 2. The van der Waals surface area contributed by atoms with E-state index < -0.39 is 4.92 Å². The summed E-state index contributed by atoms with van der Waals surface area (Å²) >= 11 is 0. The Labute approximate surface area is 98.4 Å². The first-order chi connectivity index (χ1) is 7.90. The van der Waals surface area contributed by atoms with E-state index in [4.69, 9.17) is 5.73 Å². The van der Waals surface area contributed by atoms with Crippen LogP contribution in [0.3, 0.4) is 0 Å². The van der Waals surface area contributed by atoms with Crippen LogP contribution >= 0.6 is 0 Å². The zero-order valence-electron chi connectivity index (χ0n) is 9.64. The van der Waals surface area contributed by atoms with Gasteiger partial charge in [-0.3, -0.25) is 14.9 Å². The van der Waals surface area contributed by atoms with Crippen LogP contribution in [-0.4, -0.2) is 36.4 Å². The van der Waals surface area contributed by atoms with E-state index in [9.17, 15) is 14.9 Å². The Bertz CT molecular complexity index is 445. The van der Waals surface area contributed by atoms with Gasteiger partial charge in [0, 0.05) is 37.6 Å². The molecule has 0 aromatic heterocycles. The van der Waals surface area contributed by atoms with E-state index in [1.165, 1.54) is 23.1 Å². The van der Waals surface area contributed by atoms with E-state index in [-0.39, 0.29) is 23.8 Å². The fourth-order valence-corrected chi connectivity index (χ4v) is 1.18. The van der Waals surface area contributed by atoms with Crippen molar-refractivity contribution in [1.29, 1.82) is 0 Å². The minimum absolute atomic E-state index is 0.0631. The quantitative estimate of drug-likeness (QED) is 0.456. The SMILES string of the molecule is CN(C)C(=O)CNc1cc(N)cc([N+](=O)[O-])c1. The second kappa shape index (κ2) is 5.15. The van der Waals surface area contributed by atoms with Crippen LogP contribution in [0.15, 0.2) is 18.2 Å². The molecule has 1 amide bonds. The van der Waals surface area contributed by atoms with E-state index >= 15 is 0 Å². The number of carbonyl (C=O) groups is 1. The van der Waals surface area contributed by atoms with Crippen molar-refractivity contribution in [3.05, 3.63) is 28.3 Å². The van der Waals surface area contributed by atoms with Crippen LogP contribution in [0, 0.1) is 10.1 Å². The Morgan fingerprint density at radius 2 is 2.12 bits per heavy atom. The third kappa shape index (κ3) is 3.63. The fourth-order valence-electron chi connectivity index (χ4n) is 1.18. The Hall–Kier alpha value is -2.31. The number of nitro groups is 1. The number of carbonyl (C=O) groups excluding carboxylic acids is 1. The smallest absolute Gasteiger partial charge is 0.273 e. The number of benzene rings is 1. The lowest BCUT2D eigenvalue weighted by molar-refractivity contribution is -0.384. The maximum Gasteiger partial charge on any atom is 0.273 e. The molecule has 0 aliphatic carbocycles. The average molecular weight is 238 g/mol. The molecule has 1 aromatic rings. The predicted molar refractivity (Wildman–Crippen MR) is 64.7 cm³/mol. The second-order valence-electron chi connectivity index (χ2n) is 3.71.